The van der Waals surface area contributed by atoms with Gasteiger partial charge in [-0.15, -0.1) is 0 Å². The van der Waals surface area contributed by atoms with E-state index in [0.717, 1.165) is 29.2 Å². The predicted octanol–water partition coefficient (Wildman–Crippen LogP) is 3.58. The Balaban J connectivity index is 1.80. The highest BCUT2D eigenvalue weighted by molar-refractivity contribution is 7.90. The highest BCUT2D eigenvalue weighted by Crippen LogP contribution is 2.36. The van der Waals surface area contributed by atoms with Gasteiger partial charge in [-0.2, -0.15) is 0 Å². The topological polar surface area (TPSA) is 63.2 Å². The second kappa shape index (κ2) is 6.56. The molecule has 2 aliphatic carbocycles. The zero-order valence-electron chi connectivity index (χ0n) is 14.7. The third-order valence-corrected chi connectivity index (χ3v) is 6.56. The van der Waals surface area contributed by atoms with Gasteiger partial charge in [0, 0.05) is 24.2 Å². The van der Waals surface area contributed by atoms with E-state index in [2.05, 4.69) is 14.9 Å². The van der Waals surface area contributed by atoms with E-state index in [1.165, 1.54) is 51.2 Å². The quantitative estimate of drug-likeness (QED) is 0.816. The standard InChI is InChI=1S/C19H25N3O2S/c1-25(23,24)16-9-10-18-17(11-16)19(21-13-20-18)22(12-14-7-8-14)15-5-3-2-4-6-15/h9-11,13-15H,2-8,12H2,1H3. The highest BCUT2D eigenvalue weighted by atomic mass is 32.2. The predicted molar refractivity (Wildman–Crippen MR) is 99.6 cm³/mol. The van der Waals surface area contributed by atoms with Crippen LogP contribution in [0.1, 0.15) is 44.9 Å². The van der Waals surface area contributed by atoms with Crippen LogP contribution in [-0.2, 0) is 9.84 Å². The van der Waals surface area contributed by atoms with Crippen LogP contribution in [0.2, 0.25) is 0 Å². The monoisotopic (exact) mass is 359 g/mol. The van der Waals surface area contributed by atoms with Crippen LogP contribution in [0.5, 0.6) is 0 Å². The van der Waals surface area contributed by atoms with Crippen LogP contribution < -0.4 is 4.90 Å². The molecule has 4 rings (SSSR count). The molecule has 1 aromatic heterocycles. The van der Waals surface area contributed by atoms with E-state index in [0.29, 0.717) is 10.9 Å². The molecule has 25 heavy (non-hydrogen) atoms. The summed E-state index contributed by atoms with van der Waals surface area (Å²) in [5.74, 6) is 1.67. The van der Waals surface area contributed by atoms with Gasteiger partial charge >= 0.3 is 0 Å². The van der Waals surface area contributed by atoms with Crippen molar-refractivity contribution in [3.05, 3.63) is 24.5 Å². The van der Waals surface area contributed by atoms with Gasteiger partial charge in [0.05, 0.1) is 10.4 Å². The van der Waals surface area contributed by atoms with Crippen LogP contribution >= 0.6 is 0 Å². The van der Waals surface area contributed by atoms with Crippen molar-refractivity contribution in [1.29, 1.82) is 0 Å². The Morgan fingerprint density at radius 1 is 1.08 bits per heavy atom. The number of anilines is 1. The smallest absolute Gasteiger partial charge is 0.175 e. The molecular formula is C19H25N3O2S. The molecule has 0 bridgehead atoms. The number of fused-ring (bicyclic) bond motifs is 1. The molecule has 2 saturated carbocycles. The first kappa shape index (κ1) is 16.8. The molecule has 2 aliphatic rings. The summed E-state index contributed by atoms with van der Waals surface area (Å²) < 4.78 is 24.0. The number of hydrogen-bond donors (Lipinski definition) is 0. The zero-order chi connectivity index (χ0) is 17.4. The lowest BCUT2D eigenvalue weighted by atomic mass is 9.93. The van der Waals surface area contributed by atoms with Crippen molar-refractivity contribution < 1.29 is 8.42 Å². The second-order valence-corrected chi connectivity index (χ2v) is 9.55. The molecule has 0 spiro atoms. The zero-order valence-corrected chi connectivity index (χ0v) is 15.5. The molecule has 0 N–H and O–H groups in total. The number of benzene rings is 1. The Morgan fingerprint density at radius 3 is 2.52 bits per heavy atom. The van der Waals surface area contributed by atoms with Gasteiger partial charge in [0.1, 0.15) is 12.1 Å². The summed E-state index contributed by atoms with van der Waals surface area (Å²) in [6.07, 6.45) is 11.7. The lowest BCUT2D eigenvalue weighted by Gasteiger charge is -2.36. The SMILES string of the molecule is CS(=O)(=O)c1ccc2ncnc(N(CC3CC3)C3CCCCC3)c2c1. The van der Waals surface area contributed by atoms with Crippen molar-refractivity contribution >= 4 is 26.6 Å². The minimum atomic E-state index is -3.25. The lowest BCUT2D eigenvalue weighted by Crippen LogP contribution is -2.39. The third kappa shape index (κ3) is 3.64. The van der Waals surface area contributed by atoms with E-state index in [9.17, 15) is 8.42 Å². The maximum Gasteiger partial charge on any atom is 0.175 e. The van der Waals surface area contributed by atoms with E-state index in [1.54, 1.807) is 24.5 Å². The van der Waals surface area contributed by atoms with Crippen molar-refractivity contribution in [2.24, 2.45) is 5.92 Å². The summed E-state index contributed by atoms with van der Waals surface area (Å²) in [6.45, 7) is 1.03. The molecule has 0 aliphatic heterocycles. The molecule has 1 heterocycles. The van der Waals surface area contributed by atoms with Crippen LogP contribution in [0.4, 0.5) is 5.82 Å². The summed E-state index contributed by atoms with van der Waals surface area (Å²) in [4.78, 5) is 11.8. The summed E-state index contributed by atoms with van der Waals surface area (Å²) in [5, 5.41) is 0.858. The summed E-state index contributed by atoms with van der Waals surface area (Å²) in [7, 11) is -3.25. The van der Waals surface area contributed by atoms with E-state index in [4.69, 9.17) is 0 Å². The summed E-state index contributed by atoms with van der Waals surface area (Å²) >= 11 is 0. The van der Waals surface area contributed by atoms with Crippen molar-refractivity contribution in [1.82, 2.24) is 9.97 Å². The normalized spacial score (nSPS) is 19.2. The van der Waals surface area contributed by atoms with Crippen molar-refractivity contribution in [3.63, 3.8) is 0 Å². The van der Waals surface area contributed by atoms with Crippen molar-refractivity contribution in [2.75, 3.05) is 17.7 Å². The largest absolute Gasteiger partial charge is 0.353 e. The van der Waals surface area contributed by atoms with Crippen LogP contribution in [-0.4, -0.2) is 37.2 Å². The Kier molecular flexibility index (Phi) is 4.40. The lowest BCUT2D eigenvalue weighted by molar-refractivity contribution is 0.409. The van der Waals surface area contributed by atoms with Gasteiger partial charge in [-0.05, 0) is 49.8 Å². The van der Waals surface area contributed by atoms with E-state index < -0.39 is 9.84 Å². The molecule has 1 aromatic carbocycles. The minimum absolute atomic E-state index is 0.339. The van der Waals surface area contributed by atoms with Gasteiger partial charge in [-0.3, -0.25) is 0 Å². The Morgan fingerprint density at radius 2 is 1.84 bits per heavy atom. The van der Waals surface area contributed by atoms with E-state index >= 15 is 0 Å². The average Bonchev–Trinajstić information content (AvgIpc) is 3.43. The molecule has 0 unspecified atom stereocenters. The first-order valence-corrected chi connectivity index (χ1v) is 11.1. The van der Waals surface area contributed by atoms with Gasteiger partial charge in [-0.1, -0.05) is 19.3 Å². The fourth-order valence-electron chi connectivity index (χ4n) is 3.86. The molecule has 2 fully saturated rings. The van der Waals surface area contributed by atoms with Gasteiger partial charge in [-0.25, -0.2) is 18.4 Å². The fraction of sp³-hybridized carbons (Fsp3) is 0.579. The number of hydrogen-bond acceptors (Lipinski definition) is 5. The molecule has 6 heteroatoms. The highest BCUT2D eigenvalue weighted by Gasteiger charge is 2.30. The number of rotatable bonds is 5. The second-order valence-electron chi connectivity index (χ2n) is 7.54. The van der Waals surface area contributed by atoms with Gasteiger partial charge in [0.15, 0.2) is 9.84 Å². The number of sulfone groups is 1. The molecule has 2 aromatic rings. The van der Waals surface area contributed by atoms with Crippen LogP contribution in [0.25, 0.3) is 10.9 Å². The number of nitrogens with zero attached hydrogens (tertiary/aromatic N) is 3. The van der Waals surface area contributed by atoms with Gasteiger partial charge in [0.25, 0.3) is 0 Å². The minimum Gasteiger partial charge on any atom is -0.353 e. The molecule has 0 saturated heterocycles. The van der Waals surface area contributed by atoms with Crippen LogP contribution in [0, 0.1) is 5.92 Å². The number of aromatic nitrogens is 2. The maximum absolute atomic E-state index is 12.0. The summed E-state index contributed by atoms with van der Waals surface area (Å²) in [5.41, 5.74) is 0.814. The molecule has 0 radical (unpaired) electrons. The molecular weight excluding hydrogens is 334 g/mol. The molecule has 134 valence electrons. The first-order chi connectivity index (χ1) is 12.0. The Labute approximate surface area is 149 Å². The van der Waals surface area contributed by atoms with Gasteiger partial charge < -0.3 is 4.90 Å². The third-order valence-electron chi connectivity index (χ3n) is 5.45. The summed E-state index contributed by atoms with van der Waals surface area (Å²) in [6, 6.07) is 5.70. The average molecular weight is 359 g/mol. The van der Waals surface area contributed by atoms with E-state index in [-0.39, 0.29) is 0 Å². The maximum atomic E-state index is 12.0. The van der Waals surface area contributed by atoms with Crippen molar-refractivity contribution in [2.45, 2.75) is 55.9 Å². The van der Waals surface area contributed by atoms with E-state index in [1.807, 2.05) is 0 Å². The first-order valence-electron chi connectivity index (χ1n) is 9.24. The van der Waals surface area contributed by atoms with Crippen LogP contribution in [0.15, 0.2) is 29.4 Å². The Bertz CT molecular complexity index is 871. The molecule has 0 amide bonds. The van der Waals surface area contributed by atoms with Crippen LogP contribution in [0.3, 0.4) is 0 Å². The molecule has 0 atom stereocenters. The molecule has 5 nitrogen and oxygen atoms in total. The van der Waals surface area contributed by atoms with Gasteiger partial charge in [0.2, 0.25) is 0 Å². The van der Waals surface area contributed by atoms with Crippen molar-refractivity contribution in [3.8, 4) is 0 Å². The Hall–Kier alpha value is -1.69. The fourth-order valence-corrected chi connectivity index (χ4v) is 4.51.